The second kappa shape index (κ2) is 9.79. The minimum Gasteiger partial charge on any atom is -0.478 e. The first-order chi connectivity index (χ1) is 15.9. The summed E-state index contributed by atoms with van der Waals surface area (Å²) >= 11 is 0. The molecule has 0 radical (unpaired) electrons. The molecule has 1 aliphatic rings. The smallest absolute Gasteiger partial charge is 0.339 e. The zero-order chi connectivity index (χ0) is 23.4. The van der Waals surface area contributed by atoms with Crippen LogP contribution in [0.1, 0.15) is 31.8 Å². The summed E-state index contributed by atoms with van der Waals surface area (Å²) in [4.78, 5) is 32.9. The Hall–Kier alpha value is -3.78. The predicted molar refractivity (Wildman–Crippen MR) is 124 cm³/mol. The van der Waals surface area contributed by atoms with Gasteiger partial charge in [-0.25, -0.2) is 14.2 Å². The maximum atomic E-state index is 13.4. The number of nitrogens with one attached hydrogen (secondary N) is 1. The molecule has 170 valence electrons. The predicted octanol–water partition coefficient (Wildman–Crippen LogP) is 3.80. The number of aryl methyl sites for hydroxylation is 1. The molecule has 4 rings (SSSR count). The van der Waals surface area contributed by atoms with Gasteiger partial charge in [0.05, 0.1) is 11.9 Å². The molecule has 33 heavy (non-hydrogen) atoms. The Bertz CT molecular complexity index is 1160. The van der Waals surface area contributed by atoms with Crippen molar-refractivity contribution in [2.75, 3.05) is 36.4 Å². The average Bonchev–Trinajstić information content (AvgIpc) is 2.80. The fraction of sp³-hybridized carbons (Fsp3) is 0.240. The van der Waals surface area contributed by atoms with Gasteiger partial charge in [-0.1, -0.05) is 29.8 Å². The molecule has 1 aromatic heterocycles. The second-order valence-corrected chi connectivity index (χ2v) is 8.11. The minimum absolute atomic E-state index is 0.0373. The van der Waals surface area contributed by atoms with Gasteiger partial charge in [0.25, 0.3) is 5.91 Å². The molecule has 1 fully saturated rings. The number of rotatable bonds is 6. The topological polar surface area (TPSA) is 85.8 Å². The third-order valence-electron chi connectivity index (χ3n) is 5.64. The molecular weight excluding hydrogens is 423 g/mol. The largest absolute Gasteiger partial charge is 0.478 e. The fourth-order valence-corrected chi connectivity index (χ4v) is 3.85. The lowest BCUT2D eigenvalue weighted by Gasteiger charge is -2.36. The van der Waals surface area contributed by atoms with Crippen molar-refractivity contribution in [3.63, 3.8) is 0 Å². The number of amides is 1. The Morgan fingerprint density at radius 2 is 1.79 bits per heavy atom. The van der Waals surface area contributed by atoms with Crippen LogP contribution in [0.15, 0.2) is 60.8 Å². The van der Waals surface area contributed by atoms with Crippen molar-refractivity contribution < 1.29 is 19.1 Å². The van der Waals surface area contributed by atoms with Crippen LogP contribution in [0.5, 0.6) is 0 Å². The van der Waals surface area contributed by atoms with Crippen molar-refractivity contribution in [2.45, 2.75) is 13.5 Å². The first-order valence-corrected chi connectivity index (χ1v) is 10.7. The molecule has 0 bridgehead atoms. The van der Waals surface area contributed by atoms with E-state index in [-0.39, 0.29) is 17.3 Å². The van der Waals surface area contributed by atoms with E-state index in [1.807, 2.05) is 30.0 Å². The van der Waals surface area contributed by atoms with Gasteiger partial charge in [-0.15, -0.1) is 0 Å². The van der Waals surface area contributed by atoms with Crippen LogP contribution in [0.3, 0.4) is 0 Å². The van der Waals surface area contributed by atoms with E-state index in [2.05, 4.69) is 15.2 Å². The zero-order valence-corrected chi connectivity index (χ0v) is 18.3. The van der Waals surface area contributed by atoms with Gasteiger partial charge in [-0.3, -0.25) is 9.69 Å². The number of carboxylic acids is 1. The number of carbonyl (C=O) groups excluding carboxylic acids is 1. The van der Waals surface area contributed by atoms with Gasteiger partial charge >= 0.3 is 5.97 Å². The number of aromatic carboxylic acids is 1. The molecule has 0 atom stereocenters. The number of benzene rings is 2. The number of nitrogens with zero attached hydrogens (tertiary/aromatic N) is 3. The van der Waals surface area contributed by atoms with E-state index in [9.17, 15) is 19.1 Å². The highest BCUT2D eigenvalue weighted by Gasteiger charge is 2.23. The molecule has 2 aromatic carbocycles. The number of piperazine rings is 1. The molecule has 1 aliphatic heterocycles. The third-order valence-corrected chi connectivity index (χ3v) is 5.64. The number of pyridine rings is 1. The lowest BCUT2D eigenvalue weighted by atomic mass is 10.1. The van der Waals surface area contributed by atoms with Crippen molar-refractivity contribution >= 4 is 23.4 Å². The van der Waals surface area contributed by atoms with Gasteiger partial charge < -0.3 is 15.3 Å². The fourth-order valence-electron chi connectivity index (χ4n) is 3.85. The highest BCUT2D eigenvalue weighted by molar-refractivity contribution is 6.05. The molecule has 2 heterocycles. The van der Waals surface area contributed by atoms with E-state index in [0.29, 0.717) is 49.8 Å². The van der Waals surface area contributed by atoms with Crippen LogP contribution in [0.2, 0.25) is 0 Å². The number of anilines is 2. The van der Waals surface area contributed by atoms with Gasteiger partial charge in [0.2, 0.25) is 0 Å². The van der Waals surface area contributed by atoms with Crippen LogP contribution in [-0.4, -0.2) is 53.0 Å². The number of aromatic nitrogens is 1. The quantitative estimate of drug-likeness (QED) is 0.597. The summed E-state index contributed by atoms with van der Waals surface area (Å²) in [6.45, 7) is 5.15. The van der Waals surface area contributed by atoms with Crippen LogP contribution in [0.4, 0.5) is 15.9 Å². The molecule has 1 amide bonds. The van der Waals surface area contributed by atoms with Crippen LogP contribution in [0.25, 0.3) is 0 Å². The molecule has 2 N–H and O–H groups in total. The van der Waals surface area contributed by atoms with Crippen LogP contribution < -0.4 is 10.2 Å². The number of hydrogen-bond donors (Lipinski definition) is 2. The van der Waals surface area contributed by atoms with Gasteiger partial charge in [-0.2, -0.15) is 0 Å². The van der Waals surface area contributed by atoms with Crippen molar-refractivity contribution in [1.29, 1.82) is 0 Å². The van der Waals surface area contributed by atoms with Gasteiger partial charge in [-0.05, 0) is 42.8 Å². The Balaban J connectivity index is 1.43. The molecule has 0 unspecified atom stereocenters. The standard InChI is InChI=1S/C25H25FN4O3/c1-17-5-7-19(8-6-17)24(31)28-21-14-22(25(32)33)23(27-15-21)30-11-9-29(10-12-30)16-18-3-2-4-20(26)13-18/h2-8,13-15H,9-12,16H2,1H3,(H,28,31)(H,32,33). The van der Waals surface area contributed by atoms with Gasteiger partial charge in [0.15, 0.2) is 0 Å². The van der Waals surface area contributed by atoms with Crippen molar-refractivity contribution in [2.24, 2.45) is 0 Å². The Kier molecular flexibility index (Phi) is 6.65. The van der Waals surface area contributed by atoms with E-state index < -0.39 is 5.97 Å². The number of hydrogen-bond acceptors (Lipinski definition) is 5. The van der Waals surface area contributed by atoms with Crippen molar-refractivity contribution in [3.05, 3.63) is 88.9 Å². The van der Waals surface area contributed by atoms with E-state index in [1.165, 1.54) is 24.4 Å². The SMILES string of the molecule is Cc1ccc(C(=O)Nc2cnc(N3CCN(Cc4cccc(F)c4)CC3)c(C(=O)O)c2)cc1. The van der Waals surface area contributed by atoms with Crippen LogP contribution >= 0.6 is 0 Å². The van der Waals surface area contributed by atoms with Gasteiger partial charge in [0, 0.05) is 38.3 Å². The van der Waals surface area contributed by atoms with Crippen molar-refractivity contribution in [3.8, 4) is 0 Å². The second-order valence-electron chi connectivity index (χ2n) is 8.11. The molecular formula is C25H25FN4O3. The maximum Gasteiger partial charge on any atom is 0.339 e. The minimum atomic E-state index is -1.11. The van der Waals surface area contributed by atoms with Crippen LogP contribution in [0, 0.1) is 12.7 Å². The summed E-state index contributed by atoms with van der Waals surface area (Å²) in [7, 11) is 0. The summed E-state index contributed by atoms with van der Waals surface area (Å²) in [5.41, 5.74) is 2.79. The first kappa shape index (κ1) is 22.4. The molecule has 0 aliphatic carbocycles. The van der Waals surface area contributed by atoms with Crippen LogP contribution in [-0.2, 0) is 6.54 Å². The number of carboxylic acid groups (broad SMARTS) is 1. The summed E-state index contributed by atoms with van der Waals surface area (Å²) in [5, 5.41) is 12.5. The van der Waals surface area contributed by atoms with E-state index >= 15 is 0 Å². The summed E-state index contributed by atoms with van der Waals surface area (Å²) in [5.74, 6) is -1.31. The molecule has 8 heteroatoms. The first-order valence-electron chi connectivity index (χ1n) is 10.7. The Morgan fingerprint density at radius 3 is 2.45 bits per heavy atom. The maximum absolute atomic E-state index is 13.4. The lowest BCUT2D eigenvalue weighted by Crippen LogP contribution is -2.46. The lowest BCUT2D eigenvalue weighted by molar-refractivity contribution is 0.0696. The zero-order valence-electron chi connectivity index (χ0n) is 18.3. The molecule has 1 saturated heterocycles. The normalized spacial score (nSPS) is 14.2. The Morgan fingerprint density at radius 1 is 1.06 bits per heavy atom. The molecule has 0 spiro atoms. The third kappa shape index (κ3) is 5.53. The van der Waals surface area contributed by atoms with Gasteiger partial charge in [0.1, 0.15) is 17.2 Å². The highest BCUT2D eigenvalue weighted by Crippen LogP contribution is 2.24. The summed E-state index contributed by atoms with van der Waals surface area (Å²) in [6.07, 6.45) is 1.48. The molecule has 0 saturated carbocycles. The summed E-state index contributed by atoms with van der Waals surface area (Å²) < 4.78 is 13.4. The van der Waals surface area contributed by atoms with E-state index in [1.54, 1.807) is 18.2 Å². The van der Waals surface area contributed by atoms with E-state index in [0.717, 1.165) is 11.1 Å². The number of halogens is 1. The number of carbonyl (C=O) groups is 2. The molecule has 3 aromatic rings. The highest BCUT2D eigenvalue weighted by atomic mass is 19.1. The van der Waals surface area contributed by atoms with E-state index in [4.69, 9.17) is 0 Å². The Labute approximate surface area is 191 Å². The average molecular weight is 448 g/mol. The monoisotopic (exact) mass is 448 g/mol. The molecule has 7 nitrogen and oxygen atoms in total. The van der Waals surface area contributed by atoms with Crippen molar-refractivity contribution in [1.82, 2.24) is 9.88 Å². The summed E-state index contributed by atoms with van der Waals surface area (Å²) in [6, 6.07) is 15.1.